The lowest BCUT2D eigenvalue weighted by molar-refractivity contribution is -0.141. The zero-order chi connectivity index (χ0) is 22.2. The summed E-state index contributed by atoms with van der Waals surface area (Å²) in [5.41, 5.74) is -0.210. The fraction of sp³-hybridized carbons (Fsp3) is 0.350. The monoisotopic (exact) mass is 423 g/mol. The number of carbonyl (C=O) groups is 2. The Morgan fingerprint density at radius 3 is 2.40 bits per heavy atom. The Bertz CT molecular complexity index is 1030. The van der Waals surface area contributed by atoms with Crippen molar-refractivity contribution in [2.75, 3.05) is 20.6 Å². The van der Waals surface area contributed by atoms with E-state index >= 15 is 0 Å². The van der Waals surface area contributed by atoms with Gasteiger partial charge in [0.2, 0.25) is 0 Å². The van der Waals surface area contributed by atoms with Crippen molar-refractivity contribution in [3.8, 4) is 0 Å². The molecular formula is C20H20F3N3O4. The highest BCUT2D eigenvalue weighted by Gasteiger charge is 2.32. The molecule has 10 heteroatoms. The molecule has 0 saturated carbocycles. The van der Waals surface area contributed by atoms with Crippen LogP contribution in [0.2, 0.25) is 0 Å². The predicted octanol–water partition coefficient (Wildman–Crippen LogP) is 1.71. The number of amides is 2. The predicted molar refractivity (Wildman–Crippen MR) is 101 cm³/mol. The number of rotatable bonds is 3. The van der Waals surface area contributed by atoms with Gasteiger partial charge >= 0.3 is 6.18 Å². The second-order valence-electron chi connectivity index (χ2n) is 7.23. The van der Waals surface area contributed by atoms with Gasteiger partial charge in [0.25, 0.3) is 17.4 Å². The van der Waals surface area contributed by atoms with Crippen LogP contribution in [-0.2, 0) is 23.9 Å². The van der Waals surface area contributed by atoms with Crippen molar-refractivity contribution in [3.05, 3.63) is 68.6 Å². The average Bonchev–Trinajstić information content (AvgIpc) is 2.71. The molecule has 1 atom stereocenters. The molecule has 1 aromatic carbocycles. The van der Waals surface area contributed by atoms with Crippen molar-refractivity contribution in [2.24, 2.45) is 0 Å². The number of alkyl halides is 3. The van der Waals surface area contributed by atoms with Crippen LogP contribution < -0.4 is 5.56 Å². The Hall–Kier alpha value is -3.14. The minimum atomic E-state index is -4.51. The Morgan fingerprint density at radius 2 is 1.83 bits per heavy atom. The van der Waals surface area contributed by atoms with Gasteiger partial charge in [-0.2, -0.15) is 13.2 Å². The number of pyridine rings is 1. The third-order valence-corrected chi connectivity index (χ3v) is 5.01. The maximum Gasteiger partial charge on any atom is 0.416 e. The van der Waals surface area contributed by atoms with Crippen molar-refractivity contribution < 1.29 is 27.9 Å². The van der Waals surface area contributed by atoms with Gasteiger partial charge in [0, 0.05) is 33.4 Å². The van der Waals surface area contributed by atoms with Crippen LogP contribution in [0.15, 0.2) is 35.3 Å². The van der Waals surface area contributed by atoms with E-state index in [1.807, 2.05) is 0 Å². The largest absolute Gasteiger partial charge is 0.416 e. The molecule has 1 aliphatic heterocycles. The molecule has 1 unspecified atom stereocenters. The molecule has 2 amide bonds. The summed E-state index contributed by atoms with van der Waals surface area (Å²) in [5, 5.41) is 10.4. The van der Waals surface area contributed by atoms with Crippen LogP contribution in [0.3, 0.4) is 0 Å². The number of fused-ring (bicyclic) bond motifs is 1. The molecule has 3 rings (SSSR count). The standard InChI is InChI=1S/C20H20F3N3O4/c1-25(2)18(29)15-14-7-8-26(10-12(14)9-24-17(15)28)19(30)16(27)11-3-5-13(6-4-11)20(21,22)23/h3-6,9,16,27H,7-8,10H2,1-2H3,(H,24,28). The number of nitrogens with zero attached hydrogens (tertiary/aromatic N) is 2. The first-order valence-corrected chi connectivity index (χ1v) is 9.09. The van der Waals surface area contributed by atoms with Gasteiger partial charge in [0.05, 0.1) is 5.56 Å². The summed E-state index contributed by atoms with van der Waals surface area (Å²) in [6.07, 6.45) is -4.48. The number of aromatic amines is 1. The van der Waals surface area contributed by atoms with Crippen LogP contribution in [0, 0.1) is 0 Å². The fourth-order valence-corrected chi connectivity index (χ4v) is 3.38. The molecule has 0 aliphatic carbocycles. The zero-order valence-electron chi connectivity index (χ0n) is 16.3. The topological polar surface area (TPSA) is 93.7 Å². The molecule has 7 nitrogen and oxygen atoms in total. The molecule has 2 aromatic rings. The lowest BCUT2D eigenvalue weighted by Crippen LogP contribution is -2.41. The number of halogens is 3. The highest BCUT2D eigenvalue weighted by atomic mass is 19.4. The number of aliphatic hydroxyl groups is 1. The Kier molecular flexibility index (Phi) is 5.71. The number of benzene rings is 1. The van der Waals surface area contributed by atoms with E-state index in [0.717, 1.165) is 24.3 Å². The quantitative estimate of drug-likeness (QED) is 0.786. The maximum atomic E-state index is 12.7. The van der Waals surface area contributed by atoms with Crippen molar-refractivity contribution in [3.63, 3.8) is 0 Å². The molecule has 30 heavy (non-hydrogen) atoms. The lowest BCUT2D eigenvalue weighted by atomic mass is 9.95. The molecule has 0 saturated heterocycles. The van der Waals surface area contributed by atoms with E-state index in [9.17, 15) is 32.7 Å². The van der Waals surface area contributed by atoms with Crippen molar-refractivity contribution in [1.29, 1.82) is 0 Å². The van der Waals surface area contributed by atoms with Gasteiger partial charge in [0.1, 0.15) is 5.56 Å². The van der Waals surface area contributed by atoms with E-state index in [1.54, 1.807) is 0 Å². The van der Waals surface area contributed by atoms with Crippen molar-refractivity contribution in [1.82, 2.24) is 14.8 Å². The van der Waals surface area contributed by atoms with Crippen molar-refractivity contribution in [2.45, 2.75) is 25.2 Å². The molecule has 2 heterocycles. The molecule has 0 fully saturated rings. The van der Waals surface area contributed by atoms with E-state index in [4.69, 9.17) is 0 Å². The summed E-state index contributed by atoms with van der Waals surface area (Å²) in [6.45, 7) is 0.205. The number of carbonyl (C=O) groups excluding carboxylic acids is 2. The molecular weight excluding hydrogens is 403 g/mol. The number of H-pyrrole nitrogens is 1. The maximum absolute atomic E-state index is 12.7. The average molecular weight is 423 g/mol. The second kappa shape index (κ2) is 7.94. The van der Waals surface area contributed by atoms with Gasteiger partial charge in [-0.1, -0.05) is 12.1 Å². The number of aliphatic hydroxyl groups excluding tert-OH is 1. The van der Waals surface area contributed by atoms with E-state index in [-0.39, 0.29) is 30.6 Å². The van der Waals surface area contributed by atoms with E-state index < -0.39 is 35.2 Å². The van der Waals surface area contributed by atoms with E-state index in [1.165, 1.54) is 30.1 Å². The summed E-state index contributed by atoms with van der Waals surface area (Å²) < 4.78 is 38.1. The SMILES string of the molecule is CN(C)C(=O)c1c2c(c[nH]c1=O)CN(C(=O)C(O)c1ccc(C(F)(F)F)cc1)CC2. The minimum Gasteiger partial charge on any atom is -0.378 e. The van der Waals surface area contributed by atoms with Crippen LogP contribution >= 0.6 is 0 Å². The molecule has 0 radical (unpaired) electrons. The molecule has 1 aliphatic rings. The van der Waals surface area contributed by atoms with Gasteiger partial charge in [0.15, 0.2) is 6.10 Å². The van der Waals surface area contributed by atoms with Crippen LogP contribution in [0.1, 0.15) is 38.7 Å². The van der Waals surface area contributed by atoms with E-state index in [2.05, 4.69) is 4.98 Å². The Balaban J connectivity index is 1.81. The molecule has 160 valence electrons. The lowest BCUT2D eigenvalue weighted by Gasteiger charge is -2.31. The number of hydrogen-bond acceptors (Lipinski definition) is 4. The summed E-state index contributed by atoms with van der Waals surface area (Å²) in [5.74, 6) is -1.12. The van der Waals surface area contributed by atoms with Crippen LogP contribution in [0.5, 0.6) is 0 Å². The normalized spacial score (nSPS) is 14.8. The fourth-order valence-electron chi connectivity index (χ4n) is 3.38. The highest BCUT2D eigenvalue weighted by molar-refractivity contribution is 5.95. The van der Waals surface area contributed by atoms with Gasteiger partial charge in [-0.25, -0.2) is 0 Å². The first-order chi connectivity index (χ1) is 14.0. The Labute approximate surface area is 169 Å². The summed E-state index contributed by atoms with van der Waals surface area (Å²) in [7, 11) is 3.06. The smallest absolute Gasteiger partial charge is 0.378 e. The second-order valence-corrected chi connectivity index (χ2v) is 7.23. The number of nitrogens with one attached hydrogen (secondary N) is 1. The van der Waals surface area contributed by atoms with Gasteiger partial charge < -0.3 is 19.9 Å². The third-order valence-electron chi connectivity index (χ3n) is 5.01. The highest BCUT2D eigenvalue weighted by Crippen LogP contribution is 2.30. The molecule has 0 spiro atoms. The van der Waals surface area contributed by atoms with Crippen LogP contribution in [-0.4, -0.2) is 52.3 Å². The summed E-state index contributed by atoms with van der Waals surface area (Å²) in [4.78, 5) is 42.3. The number of aromatic nitrogens is 1. The van der Waals surface area contributed by atoms with Crippen LogP contribution in [0.4, 0.5) is 13.2 Å². The zero-order valence-corrected chi connectivity index (χ0v) is 16.3. The minimum absolute atomic E-state index is 0.0212. The first-order valence-electron chi connectivity index (χ1n) is 9.09. The summed E-state index contributed by atoms with van der Waals surface area (Å²) >= 11 is 0. The summed E-state index contributed by atoms with van der Waals surface area (Å²) in [6, 6.07) is 3.74. The Morgan fingerprint density at radius 1 is 1.20 bits per heavy atom. The van der Waals surface area contributed by atoms with E-state index in [0.29, 0.717) is 11.1 Å². The van der Waals surface area contributed by atoms with Gasteiger partial charge in [-0.15, -0.1) is 0 Å². The third kappa shape index (κ3) is 4.09. The van der Waals surface area contributed by atoms with Gasteiger partial charge in [-0.05, 0) is 35.2 Å². The molecule has 1 aromatic heterocycles. The molecule has 0 bridgehead atoms. The van der Waals surface area contributed by atoms with Crippen LogP contribution in [0.25, 0.3) is 0 Å². The molecule has 2 N–H and O–H groups in total. The number of hydrogen-bond donors (Lipinski definition) is 2. The van der Waals surface area contributed by atoms with Crippen molar-refractivity contribution >= 4 is 11.8 Å². The van der Waals surface area contributed by atoms with Gasteiger partial charge in [-0.3, -0.25) is 14.4 Å². The first kappa shape index (κ1) is 21.6.